The molecule has 2 aromatic rings. The zero-order valence-electron chi connectivity index (χ0n) is 32.0. The summed E-state index contributed by atoms with van der Waals surface area (Å²) in [5.74, 6) is -4.15. The first-order chi connectivity index (χ1) is 22.2. The summed E-state index contributed by atoms with van der Waals surface area (Å²) in [6.07, 6.45) is -6.22. The minimum absolute atomic E-state index is 0.0180. The van der Waals surface area contributed by atoms with Gasteiger partial charge in [0.2, 0.25) is 11.8 Å². The monoisotopic (exact) mass is 534 g/mol. The van der Waals surface area contributed by atoms with E-state index in [2.05, 4.69) is 0 Å². The molecular weight excluding hydrogens is 489 g/mol. The van der Waals surface area contributed by atoms with E-state index in [1.807, 2.05) is 0 Å². The van der Waals surface area contributed by atoms with Crippen molar-refractivity contribution in [2.24, 2.45) is 0 Å². The van der Waals surface area contributed by atoms with Gasteiger partial charge in [0.05, 0.1) is 17.7 Å². The topological polar surface area (TPSA) is 88.2 Å². The number of nitrogens with zero attached hydrogens (tertiary/aromatic N) is 2. The van der Waals surface area contributed by atoms with Gasteiger partial charge < -0.3 is 14.4 Å². The van der Waals surface area contributed by atoms with Crippen LogP contribution < -0.4 is 10.1 Å². The fourth-order valence-electron chi connectivity index (χ4n) is 4.72. The lowest BCUT2D eigenvalue weighted by Crippen LogP contribution is -2.56. The van der Waals surface area contributed by atoms with Crippen LogP contribution in [0.5, 0.6) is 5.75 Å². The highest BCUT2D eigenvalue weighted by Gasteiger charge is 2.40. The maximum absolute atomic E-state index is 15.1. The fraction of sp³-hybridized carbons (Fsp3) is 0.483. The lowest BCUT2D eigenvalue weighted by atomic mass is 9.98. The molecule has 202 valence electrons. The van der Waals surface area contributed by atoms with Gasteiger partial charge in [-0.2, -0.15) is 0 Å². The number of rotatable bonds is 6. The molecule has 0 bridgehead atoms. The Morgan fingerprint density at radius 1 is 1.18 bits per heavy atom. The van der Waals surface area contributed by atoms with Crippen LogP contribution in [0.25, 0.3) is 0 Å². The van der Waals surface area contributed by atoms with E-state index in [0.29, 0.717) is 0 Å². The van der Waals surface area contributed by atoms with E-state index in [1.165, 1.54) is 44.2 Å². The van der Waals surface area contributed by atoms with Crippen LogP contribution in [0.4, 0.5) is 4.39 Å². The lowest BCUT2D eigenvalue weighted by molar-refractivity contribution is -0.182. The normalized spacial score (nSPS) is 35.3. The molecule has 3 aliphatic heterocycles. The summed E-state index contributed by atoms with van der Waals surface area (Å²) >= 11 is 0. The van der Waals surface area contributed by atoms with Crippen LogP contribution in [-0.2, 0) is 34.0 Å². The Labute approximate surface area is 237 Å². The number of carbonyl (C=O) groups excluding carboxylic acids is 3. The number of ether oxygens (including phenoxy) is 2. The highest BCUT2D eigenvalue weighted by atomic mass is 19.1. The Bertz CT molecular complexity index is 1740. The zero-order chi connectivity index (χ0) is 36.9. The van der Waals surface area contributed by atoms with Gasteiger partial charge >= 0.3 is 0 Å². The van der Waals surface area contributed by atoms with E-state index >= 15 is 4.39 Å². The molecule has 3 aliphatic rings. The quantitative estimate of drug-likeness (QED) is 0.571. The zero-order valence-corrected chi connectivity index (χ0v) is 21.0. The predicted octanol–water partition coefficient (Wildman–Crippen LogP) is 3.56. The third-order valence-electron chi connectivity index (χ3n) is 6.12. The Morgan fingerprint density at radius 2 is 1.97 bits per heavy atom. The van der Waals surface area contributed by atoms with Crippen molar-refractivity contribution in [1.29, 1.82) is 0 Å². The SMILES string of the molecule is [2H]C([2H])([2H])C1(C)OC(C)(C)C([2H])([2H])N(Cc2ccc(F)c(COc3cccc4c3CN(C3C(=O)NC(=O)C([2H])([2H])C3([2H])[2H])C4=O)c2)C1([2H])[2H]. The number of amides is 3. The van der Waals surface area contributed by atoms with Gasteiger partial charge in [-0.1, -0.05) is 12.1 Å². The predicted molar refractivity (Wildman–Crippen MR) is 138 cm³/mol. The van der Waals surface area contributed by atoms with Crippen molar-refractivity contribution in [1.82, 2.24) is 15.1 Å². The first kappa shape index (κ1) is 16.0. The van der Waals surface area contributed by atoms with E-state index in [-0.39, 0.29) is 28.0 Å². The van der Waals surface area contributed by atoms with Crippen LogP contribution in [0.3, 0.4) is 0 Å². The summed E-state index contributed by atoms with van der Waals surface area (Å²) < 4.78 is 118. The second-order valence-electron chi connectivity index (χ2n) is 9.88. The van der Waals surface area contributed by atoms with Crippen molar-refractivity contribution < 1.29 is 43.3 Å². The van der Waals surface area contributed by atoms with Gasteiger partial charge in [0, 0.05) is 57.7 Å². The molecule has 9 heteroatoms. The average molecular weight is 535 g/mol. The third kappa shape index (κ3) is 5.44. The van der Waals surface area contributed by atoms with Crippen molar-refractivity contribution in [3.05, 3.63) is 64.5 Å². The van der Waals surface area contributed by atoms with Crippen molar-refractivity contribution in [2.75, 3.05) is 13.0 Å². The largest absolute Gasteiger partial charge is 0.488 e. The lowest BCUT2D eigenvalue weighted by Gasteiger charge is -2.47. The summed E-state index contributed by atoms with van der Waals surface area (Å²) in [5, 5.41) is 1.78. The van der Waals surface area contributed by atoms with Gasteiger partial charge in [-0.3, -0.25) is 24.6 Å². The first-order valence-electron chi connectivity index (χ1n) is 17.4. The van der Waals surface area contributed by atoms with Gasteiger partial charge in [-0.15, -0.1) is 0 Å². The Balaban J connectivity index is 1.41. The van der Waals surface area contributed by atoms with Gasteiger partial charge in [0.25, 0.3) is 5.91 Å². The Morgan fingerprint density at radius 3 is 2.76 bits per heavy atom. The molecule has 3 heterocycles. The Kier molecular flexibility index (Phi) is 4.11. The summed E-state index contributed by atoms with van der Waals surface area (Å²) in [7, 11) is 0. The van der Waals surface area contributed by atoms with E-state index in [4.69, 9.17) is 24.6 Å². The number of benzene rings is 2. The number of nitrogens with one attached hydrogen (secondary N) is 1. The van der Waals surface area contributed by atoms with E-state index < -0.39 is 93.1 Å². The number of piperidine rings is 1. The van der Waals surface area contributed by atoms with E-state index in [1.54, 1.807) is 5.32 Å². The van der Waals surface area contributed by atoms with Crippen LogP contribution >= 0.6 is 0 Å². The van der Waals surface area contributed by atoms with Crippen molar-refractivity contribution >= 4 is 17.7 Å². The van der Waals surface area contributed by atoms with Crippen LogP contribution in [0.15, 0.2) is 36.4 Å². The number of imide groups is 1. The van der Waals surface area contributed by atoms with Gasteiger partial charge in [0.1, 0.15) is 24.2 Å². The number of hydrogen-bond donors (Lipinski definition) is 1. The molecule has 2 fully saturated rings. The standard InChI is InChI=1S/C29H34FN3O5/c1-28(2)16-32(17-29(3,4)38-28)13-18-8-9-22(30)19(12-18)15-37-24-7-5-6-20-21(24)14-33(27(20)36)23-10-11-25(34)31-26(23)35/h5-9,12,23H,10-11,13-17H2,1-4H3,(H,31,34,35)/i1D3,10D2,11D2,16D2,17D2. The highest BCUT2D eigenvalue weighted by molar-refractivity contribution is 6.05. The molecule has 5 rings (SSSR count). The minimum atomic E-state index is -3.13. The third-order valence-corrected chi connectivity index (χ3v) is 6.12. The minimum Gasteiger partial charge on any atom is -0.488 e. The summed E-state index contributed by atoms with van der Waals surface area (Å²) in [5.41, 5.74) is -3.86. The second-order valence-corrected chi connectivity index (χ2v) is 9.88. The van der Waals surface area contributed by atoms with Gasteiger partial charge in [-0.05, 0) is 63.8 Å². The molecule has 2 unspecified atom stereocenters. The van der Waals surface area contributed by atoms with Crippen LogP contribution in [0.1, 0.15) is 82.5 Å². The number of fused-ring (bicyclic) bond motifs is 1. The van der Waals surface area contributed by atoms with Crippen LogP contribution in [0, 0.1) is 5.82 Å². The molecule has 1 N–H and O–H groups in total. The molecule has 2 aromatic carbocycles. The number of hydrogen-bond acceptors (Lipinski definition) is 6. The Hall–Kier alpha value is -3.30. The van der Waals surface area contributed by atoms with Crippen LogP contribution in [0.2, 0.25) is 0 Å². The fourth-order valence-corrected chi connectivity index (χ4v) is 4.72. The molecular formula is C29H34FN3O5. The number of morpholine rings is 1. The summed E-state index contributed by atoms with van der Waals surface area (Å²) in [6, 6.07) is 5.94. The molecule has 0 saturated carbocycles. The number of carbonyl (C=O) groups is 3. The van der Waals surface area contributed by atoms with Crippen LogP contribution in [-0.4, -0.2) is 57.8 Å². The van der Waals surface area contributed by atoms with Gasteiger partial charge in [0.15, 0.2) is 0 Å². The van der Waals surface area contributed by atoms with Crippen molar-refractivity contribution in [3.8, 4) is 5.75 Å². The maximum atomic E-state index is 15.1. The molecule has 0 aliphatic carbocycles. The smallest absolute Gasteiger partial charge is 0.255 e. The van der Waals surface area contributed by atoms with E-state index in [0.717, 1.165) is 22.8 Å². The molecule has 2 atom stereocenters. The molecule has 0 spiro atoms. The molecule has 38 heavy (non-hydrogen) atoms. The first-order valence-corrected chi connectivity index (χ1v) is 11.9. The molecule has 0 aromatic heterocycles. The van der Waals surface area contributed by atoms with Crippen molar-refractivity contribution in [2.45, 2.75) is 77.3 Å². The second kappa shape index (κ2) is 9.78. The average Bonchev–Trinajstić information content (AvgIpc) is 3.29. The highest BCUT2D eigenvalue weighted by Crippen LogP contribution is 2.34. The van der Waals surface area contributed by atoms with Crippen molar-refractivity contribution in [3.63, 3.8) is 0 Å². The molecule has 3 amide bonds. The van der Waals surface area contributed by atoms with E-state index in [9.17, 15) is 14.4 Å². The molecule has 2 saturated heterocycles. The summed E-state index contributed by atoms with van der Waals surface area (Å²) in [6.45, 7) is -6.04. The number of halogens is 1. The maximum Gasteiger partial charge on any atom is 0.255 e. The van der Waals surface area contributed by atoms with Gasteiger partial charge in [-0.25, -0.2) is 4.39 Å². The molecule has 8 nitrogen and oxygen atoms in total. The summed E-state index contributed by atoms with van der Waals surface area (Å²) in [4.78, 5) is 39.6. The molecule has 0 radical (unpaired) electrons.